The summed E-state index contributed by atoms with van der Waals surface area (Å²) in [6, 6.07) is 23.7. The quantitative estimate of drug-likeness (QED) is 0.507. The first-order valence-corrected chi connectivity index (χ1v) is 12.3. The van der Waals surface area contributed by atoms with Crippen LogP contribution in [0.25, 0.3) is 0 Å². The van der Waals surface area contributed by atoms with Crippen molar-refractivity contribution in [3.63, 3.8) is 0 Å². The van der Waals surface area contributed by atoms with Gasteiger partial charge in [-0.25, -0.2) is 8.93 Å². The molecule has 0 aliphatic rings. The second kappa shape index (κ2) is 9.64. The predicted octanol–water partition coefficient (Wildman–Crippen LogP) is 5.10. The molecular weight excluding hydrogens is 438 g/mol. The van der Waals surface area contributed by atoms with Gasteiger partial charge in [-0.1, -0.05) is 84.9 Å². The van der Waals surface area contributed by atoms with Gasteiger partial charge in [0.1, 0.15) is 6.04 Å². The molecule has 0 radical (unpaired) electrons. The van der Waals surface area contributed by atoms with Crippen molar-refractivity contribution in [2.75, 3.05) is 0 Å². The second-order valence-electron chi connectivity index (χ2n) is 8.04. The standard InChI is InChI=1S/C24H25F3NOPS/c1-23(2,3)31(29)28-22(24(25,26)27)20-16-10-11-17-21(20)30(18-12-6-4-7-13-18)19-14-8-5-9-15-19/h4-17,22,28H,1-3H3/t22-,31+/m0/s1. The van der Waals surface area contributed by atoms with Gasteiger partial charge in [-0.05, 0) is 50.2 Å². The summed E-state index contributed by atoms with van der Waals surface area (Å²) in [5, 5.41) is 2.50. The van der Waals surface area contributed by atoms with Crippen molar-refractivity contribution in [1.82, 2.24) is 4.72 Å². The molecule has 7 heteroatoms. The lowest BCUT2D eigenvalue weighted by Crippen LogP contribution is -2.43. The van der Waals surface area contributed by atoms with Gasteiger partial charge in [-0.3, -0.25) is 0 Å². The molecule has 31 heavy (non-hydrogen) atoms. The summed E-state index contributed by atoms with van der Waals surface area (Å²) in [5.41, 5.74) is 0.103. The molecule has 164 valence electrons. The first kappa shape index (κ1) is 23.6. The molecule has 2 atom stereocenters. The Labute approximate surface area is 185 Å². The van der Waals surface area contributed by atoms with Gasteiger partial charge in [0.25, 0.3) is 0 Å². The number of nitrogens with one attached hydrogen (secondary N) is 1. The van der Waals surface area contributed by atoms with E-state index in [1.165, 1.54) is 6.07 Å². The van der Waals surface area contributed by atoms with Gasteiger partial charge in [0.05, 0.1) is 15.7 Å². The van der Waals surface area contributed by atoms with E-state index in [-0.39, 0.29) is 5.56 Å². The third-order valence-corrected chi connectivity index (χ3v) is 8.71. The summed E-state index contributed by atoms with van der Waals surface area (Å²) in [5.74, 6) is 0. The van der Waals surface area contributed by atoms with E-state index in [1.807, 2.05) is 60.7 Å². The molecule has 0 aromatic heterocycles. The van der Waals surface area contributed by atoms with Crippen LogP contribution in [0.4, 0.5) is 13.2 Å². The lowest BCUT2D eigenvalue weighted by Gasteiger charge is -2.30. The van der Waals surface area contributed by atoms with E-state index in [2.05, 4.69) is 4.72 Å². The average molecular weight is 464 g/mol. The van der Waals surface area contributed by atoms with E-state index in [0.717, 1.165) is 10.6 Å². The molecule has 3 aromatic rings. The number of hydrogen-bond acceptors (Lipinski definition) is 1. The molecule has 0 saturated heterocycles. The fraction of sp³-hybridized carbons (Fsp3) is 0.250. The maximum Gasteiger partial charge on any atom is 0.408 e. The van der Waals surface area contributed by atoms with Crippen LogP contribution >= 0.6 is 7.92 Å². The van der Waals surface area contributed by atoms with Crippen LogP contribution in [0.5, 0.6) is 0 Å². The van der Waals surface area contributed by atoms with Crippen LogP contribution in [-0.4, -0.2) is 15.1 Å². The summed E-state index contributed by atoms with van der Waals surface area (Å²) in [4.78, 5) is 0. The van der Waals surface area contributed by atoms with Gasteiger partial charge in [0, 0.05) is 0 Å². The fourth-order valence-corrected chi connectivity index (χ4v) is 6.43. The number of benzene rings is 3. The summed E-state index contributed by atoms with van der Waals surface area (Å²) < 4.78 is 56.8. The van der Waals surface area contributed by atoms with Crippen LogP contribution in [0.1, 0.15) is 32.4 Å². The Morgan fingerprint density at radius 3 is 1.68 bits per heavy atom. The highest BCUT2D eigenvalue weighted by molar-refractivity contribution is 7.84. The molecule has 0 heterocycles. The van der Waals surface area contributed by atoms with Gasteiger partial charge in [-0.2, -0.15) is 13.2 Å². The third-order valence-electron chi connectivity index (χ3n) is 4.63. The average Bonchev–Trinajstić information content (AvgIpc) is 2.73. The lowest BCUT2D eigenvalue weighted by molar-refractivity contribution is -0.152. The Bertz CT molecular complexity index is 981. The highest BCUT2D eigenvalue weighted by Crippen LogP contribution is 2.40. The minimum absolute atomic E-state index is 0.103. The Hall–Kier alpha value is -2.01. The smallest absolute Gasteiger partial charge is 0.242 e. The molecule has 0 aliphatic carbocycles. The van der Waals surface area contributed by atoms with Crippen molar-refractivity contribution in [2.45, 2.75) is 37.7 Å². The first-order valence-electron chi connectivity index (χ1n) is 9.83. The Morgan fingerprint density at radius 2 is 1.23 bits per heavy atom. The predicted molar refractivity (Wildman–Crippen MR) is 125 cm³/mol. The zero-order chi connectivity index (χ0) is 22.6. The molecule has 3 rings (SSSR count). The van der Waals surface area contributed by atoms with Crippen LogP contribution in [0.3, 0.4) is 0 Å². The van der Waals surface area contributed by atoms with Crippen LogP contribution < -0.4 is 20.6 Å². The van der Waals surface area contributed by atoms with Crippen molar-refractivity contribution < 1.29 is 17.4 Å². The van der Waals surface area contributed by atoms with E-state index < -0.39 is 35.9 Å². The molecule has 0 amide bonds. The first-order chi connectivity index (χ1) is 14.6. The SMILES string of the molecule is CC(C)(C)[S@@](=O)N[C@@H](c1ccccc1P(c1ccccc1)c1ccccc1)C(F)(F)F. The molecule has 2 nitrogen and oxygen atoms in total. The minimum Gasteiger partial charge on any atom is -0.242 e. The Balaban J connectivity index is 2.18. The summed E-state index contributed by atoms with van der Waals surface area (Å²) in [6.07, 6.45) is -4.61. The van der Waals surface area contributed by atoms with Crippen LogP contribution in [-0.2, 0) is 11.0 Å². The van der Waals surface area contributed by atoms with Gasteiger partial charge in [0.15, 0.2) is 0 Å². The highest BCUT2D eigenvalue weighted by atomic mass is 32.2. The van der Waals surface area contributed by atoms with Gasteiger partial charge in [0.2, 0.25) is 0 Å². The van der Waals surface area contributed by atoms with Crippen LogP contribution in [0, 0.1) is 0 Å². The molecule has 0 spiro atoms. The topological polar surface area (TPSA) is 29.1 Å². The lowest BCUT2D eigenvalue weighted by atomic mass is 10.1. The van der Waals surface area contributed by atoms with E-state index >= 15 is 0 Å². The third kappa shape index (κ3) is 5.82. The van der Waals surface area contributed by atoms with Crippen molar-refractivity contribution in [3.8, 4) is 0 Å². The van der Waals surface area contributed by atoms with Crippen LogP contribution in [0.2, 0.25) is 0 Å². The summed E-state index contributed by atoms with van der Waals surface area (Å²) in [6.45, 7) is 4.95. The molecule has 0 bridgehead atoms. The second-order valence-corrected chi connectivity index (χ2v) is 12.2. The Morgan fingerprint density at radius 1 is 0.774 bits per heavy atom. The van der Waals surface area contributed by atoms with Gasteiger partial charge >= 0.3 is 6.18 Å². The van der Waals surface area contributed by atoms with E-state index in [4.69, 9.17) is 0 Å². The maximum atomic E-state index is 14.2. The zero-order valence-corrected chi connectivity index (χ0v) is 19.3. The number of rotatable bonds is 6. The highest BCUT2D eigenvalue weighted by Gasteiger charge is 2.44. The number of hydrogen-bond donors (Lipinski definition) is 1. The van der Waals surface area contributed by atoms with E-state index in [1.54, 1.807) is 39.0 Å². The fourth-order valence-electron chi connectivity index (χ4n) is 3.11. The number of halogens is 3. The number of alkyl halides is 3. The van der Waals surface area contributed by atoms with E-state index in [9.17, 15) is 17.4 Å². The molecule has 0 fully saturated rings. The molecule has 0 aliphatic heterocycles. The normalized spacial score (nSPS) is 14.4. The molecule has 3 aromatic carbocycles. The Kier molecular flexibility index (Phi) is 7.35. The molecular formula is C24H25F3NOPS. The maximum absolute atomic E-state index is 14.2. The summed E-state index contributed by atoms with van der Waals surface area (Å²) >= 11 is 0. The molecule has 0 saturated carbocycles. The van der Waals surface area contributed by atoms with Crippen molar-refractivity contribution in [3.05, 3.63) is 90.5 Å². The van der Waals surface area contributed by atoms with E-state index in [0.29, 0.717) is 5.30 Å². The van der Waals surface area contributed by atoms with Gasteiger partial charge < -0.3 is 0 Å². The summed E-state index contributed by atoms with van der Waals surface area (Å²) in [7, 11) is -3.13. The van der Waals surface area contributed by atoms with Crippen molar-refractivity contribution >= 4 is 34.8 Å². The molecule has 1 N–H and O–H groups in total. The van der Waals surface area contributed by atoms with Crippen molar-refractivity contribution in [1.29, 1.82) is 0 Å². The zero-order valence-electron chi connectivity index (χ0n) is 17.6. The minimum atomic E-state index is -4.61. The van der Waals surface area contributed by atoms with Crippen LogP contribution in [0.15, 0.2) is 84.9 Å². The van der Waals surface area contributed by atoms with Crippen molar-refractivity contribution in [2.24, 2.45) is 0 Å². The monoisotopic (exact) mass is 463 g/mol. The largest absolute Gasteiger partial charge is 0.408 e. The van der Waals surface area contributed by atoms with Gasteiger partial charge in [-0.15, -0.1) is 0 Å². The molecule has 0 unspecified atom stereocenters.